The van der Waals surface area contributed by atoms with E-state index in [1.807, 2.05) is 9.47 Å². The highest BCUT2D eigenvalue weighted by molar-refractivity contribution is 5.92. The zero-order valence-electron chi connectivity index (χ0n) is 15.6. The lowest BCUT2D eigenvalue weighted by Gasteiger charge is -2.34. The lowest BCUT2D eigenvalue weighted by atomic mass is 10.2. The van der Waals surface area contributed by atoms with E-state index < -0.39 is 0 Å². The highest BCUT2D eigenvalue weighted by atomic mass is 19.1. The molecule has 3 aromatic rings. The van der Waals surface area contributed by atoms with Gasteiger partial charge in [-0.2, -0.15) is 0 Å². The molecule has 2 aromatic heterocycles. The van der Waals surface area contributed by atoms with E-state index in [1.54, 1.807) is 18.5 Å². The maximum atomic E-state index is 13.3. The molecule has 1 saturated heterocycles. The van der Waals surface area contributed by atoms with E-state index in [0.717, 1.165) is 50.3 Å². The van der Waals surface area contributed by atoms with Gasteiger partial charge in [-0.15, -0.1) is 0 Å². The highest BCUT2D eigenvalue weighted by Gasteiger charge is 2.30. The largest absolute Gasteiger partial charge is 0.360 e. The quantitative estimate of drug-likeness (QED) is 0.677. The van der Waals surface area contributed by atoms with Crippen molar-refractivity contribution in [3.05, 3.63) is 47.9 Å². The van der Waals surface area contributed by atoms with Crippen molar-refractivity contribution in [2.45, 2.75) is 25.3 Å². The molecule has 1 saturated carbocycles. The Bertz CT molecular complexity index is 1000. The number of aromatic nitrogens is 3. The molecule has 0 radical (unpaired) electrons. The fourth-order valence-corrected chi connectivity index (χ4v) is 3.75. The smallest absolute Gasteiger partial charge is 0.276 e. The molecule has 2 fully saturated rings. The summed E-state index contributed by atoms with van der Waals surface area (Å²) in [4.78, 5) is 21.1. The summed E-state index contributed by atoms with van der Waals surface area (Å²) in [6, 6.07) is 6.49. The van der Waals surface area contributed by atoms with Crippen LogP contribution >= 0.6 is 0 Å². The Morgan fingerprint density at radius 2 is 1.96 bits per heavy atom. The molecule has 0 unspecified atom stereocenters. The van der Waals surface area contributed by atoms with Crippen LogP contribution in [0.15, 0.2) is 35.1 Å². The maximum Gasteiger partial charge on any atom is 0.276 e. The molecular formula is C20H22FN5O2. The van der Waals surface area contributed by atoms with Crippen molar-refractivity contribution < 1.29 is 13.7 Å². The van der Waals surface area contributed by atoms with Gasteiger partial charge in [0.2, 0.25) is 0 Å². The minimum Gasteiger partial charge on any atom is -0.360 e. The van der Waals surface area contributed by atoms with Gasteiger partial charge in [-0.25, -0.2) is 9.37 Å². The van der Waals surface area contributed by atoms with Crippen LogP contribution in [0.2, 0.25) is 0 Å². The summed E-state index contributed by atoms with van der Waals surface area (Å²) in [5.41, 5.74) is 2.04. The van der Waals surface area contributed by atoms with Gasteiger partial charge in [-0.3, -0.25) is 9.69 Å². The molecule has 0 N–H and O–H groups in total. The topological polar surface area (TPSA) is 67.4 Å². The van der Waals surface area contributed by atoms with Gasteiger partial charge in [0.05, 0.1) is 17.4 Å². The van der Waals surface area contributed by atoms with Crippen molar-refractivity contribution in [1.29, 1.82) is 0 Å². The third-order valence-electron chi connectivity index (χ3n) is 5.63. The number of fused-ring (bicyclic) bond motifs is 1. The molecule has 5 rings (SSSR count). The van der Waals surface area contributed by atoms with Crippen LogP contribution in [-0.2, 0) is 6.54 Å². The first kappa shape index (κ1) is 17.4. The molecule has 28 heavy (non-hydrogen) atoms. The van der Waals surface area contributed by atoms with E-state index in [1.165, 1.54) is 12.1 Å². The van der Waals surface area contributed by atoms with Gasteiger partial charge in [0.15, 0.2) is 5.69 Å². The second-order valence-electron chi connectivity index (χ2n) is 7.59. The molecule has 1 amide bonds. The number of piperazine rings is 1. The van der Waals surface area contributed by atoms with E-state index in [-0.39, 0.29) is 11.7 Å². The molecule has 3 heterocycles. The zero-order valence-corrected chi connectivity index (χ0v) is 15.6. The maximum absolute atomic E-state index is 13.3. The summed E-state index contributed by atoms with van der Waals surface area (Å²) < 4.78 is 20.6. The first-order chi connectivity index (χ1) is 13.7. The Balaban J connectivity index is 1.15. The summed E-state index contributed by atoms with van der Waals surface area (Å²) in [5, 5.41) is 3.96. The Morgan fingerprint density at radius 1 is 1.14 bits per heavy atom. The monoisotopic (exact) mass is 383 g/mol. The molecule has 0 atom stereocenters. The minimum absolute atomic E-state index is 0.0436. The second kappa shape index (κ2) is 7.01. The predicted molar refractivity (Wildman–Crippen MR) is 101 cm³/mol. The second-order valence-corrected chi connectivity index (χ2v) is 7.59. The first-order valence-electron chi connectivity index (χ1n) is 9.76. The van der Waals surface area contributed by atoms with Crippen LogP contribution in [0, 0.1) is 5.82 Å². The SMILES string of the molecule is O=C(c1cc(C2CC2)on1)N1CCN(CCn2cnc3cc(F)ccc32)CC1. The van der Waals surface area contributed by atoms with E-state index in [0.29, 0.717) is 30.2 Å². The van der Waals surface area contributed by atoms with Crippen LogP contribution in [0.4, 0.5) is 4.39 Å². The number of hydrogen-bond acceptors (Lipinski definition) is 5. The predicted octanol–water partition coefficient (Wildman–Crippen LogP) is 2.50. The summed E-state index contributed by atoms with van der Waals surface area (Å²) in [5.74, 6) is 0.990. The lowest BCUT2D eigenvalue weighted by Crippen LogP contribution is -2.49. The average molecular weight is 383 g/mol. The molecule has 2 aliphatic rings. The molecule has 8 heteroatoms. The molecule has 1 aromatic carbocycles. The number of nitrogens with zero attached hydrogens (tertiary/aromatic N) is 5. The van der Waals surface area contributed by atoms with Crippen molar-refractivity contribution >= 4 is 16.9 Å². The standard InChI is InChI=1S/C20H22FN5O2/c21-15-3-4-18-16(11-15)22-13-26(18)10-7-24-5-8-25(9-6-24)20(27)17-12-19(28-23-17)14-1-2-14/h3-4,11-14H,1-2,5-10H2. The molecule has 146 valence electrons. The normalized spacial score (nSPS) is 18.1. The Labute approximate surface area is 161 Å². The highest BCUT2D eigenvalue weighted by Crippen LogP contribution is 2.40. The summed E-state index contributed by atoms with van der Waals surface area (Å²) >= 11 is 0. The Kier molecular flexibility index (Phi) is 4.35. The molecule has 1 aliphatic carbocycles. The molecule has 7 nitrogen and oxygen atoms in total. The number of carbonyl (C=O) groups excluding carboxylic acids is 1. The lowest BCUT2D eigenvalue weighted by molar-refractivity contribution is 0.0623. The zero-order chi connectivity index (χ0) is 19.1. The van der Waals surface area contributed by atoms with Crippen molar-refractivity contribution in [3.63, 3.8) is 0 Å². The molecular weight excluding hydrogens is 361 g/mol. The van der Waals surface area contributed by atoms with Gasteiger partial charge < -0.3 is 14.0 Å². The van der Waals surface area contributed by atoms with Gasteiger partial charge in [0.1, 0.15) is 11.6 Å². The summed E-state index contributed by atoms with van der Waals surface area (Å²) in [7, 11) is 0. The minimum atomic E-state index is -0.269. The summed E-state index contributed by atoms with van der Waals surface area (Å²) in [6.07, 6.45) is 4.01. The van der Waals surface area contributed by atoms with Crippen molar-refractivity contribution in [2.75, 3.05) is 32.7 Å². The van der Waals surface area contributed by atoms with Crippen LogP contribution < -0.4 is 0 Å². The number of imidazole rings is 1. The van der Waals surface area contributed by atoms with Gasteiger partial charge in [-0.1, -0.05) is 5.16 Å². The Morgan fingerprint density at radius 3 is 2.75 bits per heavy atom. The summed E-state index contributed by atoms with van der Waals surface area (Å²) in [6.45, 7) is 4.64. The third-order valence-corrected chi connectivity index (χ3v) is 5.63. The van der Waals surface area contributed by atoms with Gasteiger partial charge in [0.25, 0.3) is 5.91 Å². The molecule has 0 bridgehead atoms. The molecule has 1 aliphatic heterocycles. The third kappa shape index (κ3) is 3.40. The van der Waals surface area contributed by atoms with E-state index in [4.69, 9.17) is 4.52 Å². The number of carbonyl (C=O) groups is 1. The number of hydrogen-bond donors (Lipinski definition) is 0. The average Bonchev–Trinajstić information content (AvgIpc) is 3.31. The number of benzene rings is 1. The van der Waals surface area contributed by atoms with Crippen LogP contribution in [0.5, 0.6) is 0 Å². The van der Waals surface area contributed by atoms with Crippen molar-refractivity contribution in [1.82, 2.24) is 24.5 Å². The van der Waals surface area contributed by atoms with Crippen LogP contribution in [0.3, 0.4) is 0 Å². The van der Waals surface area contributed by atoms with E-state index >= 15 is 0 Å². The van der Waals surface area contributed by atoms with E-state index in [2.05, 4.69) is 15.0 Å². The van der Waals surface area contributed by atoms with Gasteiger partial charge in [0, 0.05) is 57.3 Å². The van der Waals surface area contributed by atoms with Crippen molar-refractivity contribution in [2.24, 2.45) is 0 Å². The van der Waals surface area contributed by atoms with Crippen LogP contribution in [-0.4, -0.2) is 63.1 Å². The number of halogens is 1. The number of amides is 1. The van der Waals surface area contributed by atoms with Crippen LogP contribution in [0.1, 0.15) is 35.0 Å². The Hall–Kier alpha value is -2.74. The molecule has 0 spiro atoms. The van der Waals surface area contributed by atoms with Crippen LogP contribution in [0.25, 0.3) is 11.0 Å². The van der Waals surface area contributed by atoms with E-state index in [9.17, 15) is 9.18 Å². The number of rotatable bonds is 5. The van der Waals surface area contributed by atoms with Crippen molar-refractivity contribution in [3.8, 4) is 0 Å². The van der Waals surface area contributed by atoms with Gasteiger partial charge >= 0.3 is 0 Å². The fraction of sp³-hybridized carbons (Fsp3) is 0.450. The van der Waals surface area contributed by atoms with Gasteiger partial charge in [-0.05, 0) is 25.0 Å². The fourth-order valence-electron chi connectivity index (χ4n) is 3.75. The first-order valence-corrected chi connectivity index (χ1v) is 9.76.